The Hall–Kier alpha value is -3.19. The van der Waals surface area contributed by atoms with Crippen LogP contribution in [0.25, 0.3) is 0 Å². The predicted octanol–water partition coefficient (Wildman–Crippen LogP) is 4.39. The molecule has 0 heterocycles. The highest BCUT2D eigenvalue weighted by molar-refractivity contribution is 6.47. The molecule has 0 radical (unpaired) electrons. The first-order valence-electron chi connectivity index (χ1n) is 8.33. The zero-order chi connectivity index (χ0) is 20.5. The molecular weight excluding hydrogens is 380 g/mol. The van der Waals surface area contributed by atoms with Crippen molar-refractivity contribution >= 4 is 41.0 Å². The average molecular weight is 401 g/mol. The summed E-state index contributed by atoms with van der Waals surface area (Å²) >= 11 is 5.94. The van der Waals surface area contributed by atoms with Gasteiger partial charge in [-0.3, -0.25) is 4.90 Å². The topological polar surface area (TPSA) is 75.9 Å². The third-order valence-corrected chi connectivity index (χ3v) is 4.05. The van der Waals surface area contributed by atoms with E-state index in [0.717, 1.165) is 5.56 Å². The summed E-state index contributed by atoms with van der Waals surface area (Å²) in [5, 5.41) is 13.0. The molecule has 7 nitrogen and oxygen atoms in total. The van der Waals surface area contributed by atoms with Crippen LogP contribution in [0.1, 0.15) is 18.1 Å². The number of benzene rings is 2. The van der Waals surface area contributed by atoms with E-state index in [0.29, 0.717) is 27.7 Å². The van der Waals surface area contributed by atoms with Crippen molar-refractivity contribution in [2.75, 3.05) is 26.2 Å². The van der Waals surface area contributed by atoms with Crippen LogP contribution in [-0.4, -0.2) is 45.0 Å². The number of amides is 1. The average Bonchev–Trinajstić information content (AvgIpc) is 2.72. The molecule has 0 fully saturated rings. The molecule has 0 aliphatic heterocycles. The van der Waals surface area contributed by atoms with Crippen molar-refractivity contribution in [1.82, 2.24) is 0 Å². The molecule has 0 unspecified atom stereocenters. The van der Waals surface area contributed by atoms with E-state index in [-0.39, 0.29) is 0 Å². The van der Waals surface area contributed by atoms with Gasteiger partial charge in [0.25, 0.3) is 0 Å². The van der Waals surface area contributed by atoms with Crippen LogP contribution in [0.5, 0.6) is 0 Å². The molecule has 8 heteroatoms. The normalized spacial score (nSPS) is 12.2. The zero-order valence-electron chi connectivity index (χ0n) is 16.1. The molecular formula is C20H21ClN4O3. The summed E-state index contributed by atoms with van der Waals surface area (Å²) in [6.07, 6.45) is 1.09. The minimum Gasteiger partial charge on any atom is -0.452 e. The lowest BCUT2D eigenvalue weighted by molar-refractivity contribution is 0.180. The smallest absolute Gasteiger partial charge is 0.413 e. The molecule has 0 spiro atoms. The van der Waals surface area contributed by atoms with Crippen molar-refractivity contribution in [3.8, 4) is 0 Å². The van der Waals surface area contributed by atoms with Crippen LogP contribution < -0.4 is 4.90 Å². The van der Waals surface area contributed by atoms with E-state index in [2.05, 4.69) is 15.4 Å². The van der Waals surface area contributed by atoms with Gasteiger partial charge in [0.2, 0.25) is 0 Å². The third kappa shape index (κ3) is 5.40. The van der Waals surface area contributed by atoms with Crippen molar-refractivity contribution in [2.24, 2.45) is 15.4 Å². The highest BCUT2D eigenvalue weighted by Crippen LogP contribution is 2.18. The third-order valence-electron chi connectivity index (χ3n) is 3.79. The van der Waals surface area contributed by atoms with Crippen molar-refractivity contribution in [3.05, 3.63) is 64.7 Å². The number of rotatable bonds is 6. The Bertz CT molecular complexity index is 908. The molecule has 0 bridgehead atoms. The Morgan fingerprint density at radius 2 is 1.79 bits per heavy atom. The molecule has 0 aromatic heterocycles. The number of hydrogen-bond acceptors (Lipinski definition) is 6. The number of halogens is 1. The number of nitrogens with zero attached hydrogens (tertiary/aromatic N) is 4. The molecule has 2 aromatic rings. The molecule has 2 rings (SSSR count). The summed E-state index contributed by atoms with van der Waals surface area (Å²) < 4.78 is 4.76. The lowest BCUT2D eigenvalue weighted by Gasteiger charge is -2.17. The van der Waals surface area contributed by atoms with Gasteiger partial charge in [-0.05, 0) is 25.1 Å². The Kier molecular flexibility index (Phi) is 7.71. The van der Waals surface area contributed by atoms with Crippen LogP contribution in [0, 0.1) is 0 Å². The van der Waals surface area contributed by atoms with E-state index in [1.54, 1.807) is 38.4 Å². The minimum absolute atomic E-state index is 0.474. The van der Waals surface area contributed by atoms with Crippen molar-refractivity contribution in [3.63, 3.8) is 0 Å². The van der Waals surface area contributed by atoms with Crippen LogP contribution in [-0.2, 0) is 9.57 Å². The van der Waals surface area contributed by atoms with E-state index in [1.807, 2.05) is 30.3 Å². The summed E-state index contributed by atoms with van der Waals surface area (Å²) in [4.78, 5) is 18.1. The fraction of sp³-hybridized carbons (Fsp3) is 0.200. The number of hydrogen-bond donors (Lipinski definition) is 0. The highest BCUT2D eigenvalue weighted by Gasteiger charge is 2.13. The van der Waals surface area contributed by atoms with Gasteiger partial charge in [-0.25, -0.2) is 4.79 Å². The summed E-state index contributed by atoms with van der Waals surface area (Å²) in [6.45, 7) is 1.77. The Morgan fingerprint density at radius 1 is 1.11 bits per heavy atom. The minimum atomic E-state index is -0.474. The predicted molar refractivity (Wildman–Crippen MR) is 113 cm³/mol. The molecule has 146 valence electrons. The summed E-state index contributed by atoms with van der Waals surface area (Å²) in [5.74, 6) is 0. The molecule has 0 saturated carbocycles. The van der Waals surface area contributed by atoms with Gasteiger partial charge in [0, 0.05) is 23.2 Å². The van der Waals surface area contributed by atoms with Crippen LogP contribution in [0.3, 0.4) is 0 Å². The van der Waals surface area contributed by atoms with E-state index in [1.165, 1.54) is 19.1 Å². The summed E-state index contributed by atoms with van der Waals surface area (Å²) in [7, 11) is 4.42. The maximum absolute atomic E-state index is 11.8. The number of methoxy groups -OCH3 is 1. The number of carbonyl (C=O) groups excluding carboxylic acids is 1. The van der Waals surface area contributed by atoms with Gasteiger partial charge in [-0.1, -0.05) is 47.1 Å². The second kappa shape index (κ2) is 10.2. The van der Waals surface area contributed by atoms with Gasteiger partial charge >= 0.3 is 6.09 Å². The van der Waals surface area contributed by atoms with Crippen LogP contribution >= 0.6 is 11.6 Å². The van der Waals surface area contributed by atoms with E-state index in [4.69, 9.17) is 21.2 Å². The quantitative estimate of drug-likeness (QED) is 0.533. The molecule has 0 aliphatic carbocycles. The second-order valence-corrected chi connectivity index (χ2v) is 6.08. The SMILES string of the molecule is CO/N=C(/C(C)=N/N=C/c1ccccc1N(C)C(=O)OC)c1ccc(Cl)cc1. The first-order valence-corrected chi connectivity index (χ1v) is 8.71. The number of ether oxygens (including phenoxy) is 1. The summed E-state index contributed by atoms with van der Waals surface area (Å²) in [6, 6.07) is 14.5. The summed E-state index contributed by atoms with van der Waals surface area (Å²) in [5.41, 5.74) is 3.25. The van der Waals surface area contributed by atoms with E-state index in [9.17, 15) is 4.79 Å². The lowest BCUT2D eigenvalue weighted by atomic mass is 10.1. The van der Waals surface area contributed by atoms with Gasteiger partial charge < -0.3 is 9.57 Å². The number of oxime groups is 1. The Labute approximate surface area is 168 Å². The van der Waals surface area contributed by atoms with Gasteiger partial charge in [-0.15, -0.1) is 0 Å². The largest absolute Gasteiger partial charge is 0.452 e. The second-order valence-electron chi connectivity index (χ2n) is 5.65. The van der Waals surface area contributed by atoms with Crippen molar-refractivity contribution in [2.45, 2.75) is 6.92 Å². The maximum Gasteiger partial charge on any atom is 0.413 e. The van der Waals surface area contributed by atoms with Gasteiger partial charge in [0.1, 0.15) is 12.8 Å². The van der Waals surface area contributed by atoms with Crippen LogP contribution in [0.4, 0.5) is 10.5 Å². The van der Waals surface area contributed by atoms with Crippen LogP contribution in [0.2, 0.25) is 5.02 Å². The first-order chi connectivity index (χ1) is 13.5. The zero-order valence-corrected chi connectivity index (χ0v) is 16.8. The first kappa shape index (κ1) is 21.1. The molecule has 1 amide bonds. The Balaban J connectivity index is 2.29. The van der Waals surface area contributed by atoms with Gasteiger partial charge in [0.15, 0.2) is 0 Å². The standard InChI is InChI=1S/C20H21ClN4O3/c1-14(19(24-28-4)15-9-11-17(21)12-10-15)23-22-13-16-7-5-6-8-18(16)25(2)20(26)27-3/h5-13H,1-4H3/b22-13+,23-14+,24-19-. The number of carbonyl (C=O) groups is 1. The van der Waals surface area contributed by atoms with E-state index < -0.39 is 6.09 Å². The lowest BCUT2D eigenvalue weighted by Crippen LogP contribution is -2.26. The van der Waals surface area contributed by atoms with Crippen molar-refractivity contribution < 1.29 is 14.4 Å². The molecule has 0 N–H and O–H groups in total. The molecule has 0 aliphatic rings. The fourth-order valence-electron chi connectivity index (χ4n) is 2.39. The Morgan fingerprint density at radius 3 is 2.43 bits per heavy atom. The molecule has 0 saturated heterocycles. The monoisotopic (exact) mass is 400 g/mol. The van der Waals surface area contributed by atoms with Gasteiger partial charge in [0.05, 0.1) is 24.7 Å². The van der Waals surface area contributed by atoms with Crippen LogP contribution in [0.15, 0.2) is 63.9 Å². The van der Waals surface area contributed by atoms with E-state index >= 15 is 0 Å². The number of anilines is 1. The molecule has 0 atom stereocenters. The van der Waals surface area contributed by atoms with Gasteiger partial charge in [-0.2, -0.15) is 10.2 Å². The molecule has 2 aromatic carbocycles. The van der Waals surface area contributed by atoms with Crippen molar-refractivity contribution in [1.29, 1.82) is 0 Å². The number of para-hydroxylation sites is 1. The maximum atomic E-state index is 11.8. The molecule has 28 heavy (non-hydrogen) atoms. The fourth-order valence-corrected chi connectivity index (χ4v) is 2.52. The highest BCUT2D eigenvalue weighted by atomic mass is 35.5.